The first kappa shape index (κ1) is 12.5. The molecule has 4 heteroatoms. The molecule has 0 aliphatic heterocycles. The molecule has 0 spiro atoms. The quantitative estimate of drug-likeness (QED) is 0.542. The average Bonchev–Trinajstić information content (AvgIpc) is 2.80. The number of halogens is 1. The van der Waals surface area contributed by atoms with E-state index >= 15 is 0 Å². The molecule has 0 bridgehead atoms. The van der Waals surface area contributed by atoms with Gasteiger partial charge in [-0.05, 0) is 29.8 Å². The Kier molecular flexibility index (Phi) is 3.40. The van der Waals surface area contributed by atoms with Gasteiger partial charge in [0.2, 0.25) is 0 Å². The minimum Gasteiger partial charge on any atom is -0.398 e. The maximum atomic E-state index is 5.95. The van der Waals surface area contributed by atoms with Gasteiger partial charge in [-0.25, -0.2) is 0 Å². The number of anilines is 1. The molecule has 3 aromatic rings. The second-order valence-corrected chi connectivity index (χ2v) is 5.81. The molecule has 0 amide bonds. The molecule has 0 fully saturated rings. The average molecular weight is 289 g/mol. The second kappa shape index (κ2) is 5.19. The van der Waals surface area contributed by atoms with Crippen LogP contribution in [0.1, 0.15) is 5.56 Å². The van der Waals surface area contributed by atoms with Crippen LogP contribution >= 0.6 is 23.4 Å². The Balaban J connectivity index is 1.78. The Labute approximate surface area is 121 Å². The molecule has 1 aromatic heterocycles. The molecular weight excluding hydrogens is 276 g/mol. The molecule has 19 heavy (non-hydrogen) atoms. The Hall–Kier alpha value is -1.58. The summed E-state index contributed by atoms with van der Waals surface area (Å²) < 4.78 is 0. The summed E-state index contributed by atoms with van der Waals surface area (Å²) in [5.41, 5.74) is 8.96. The van der Waals surface area contributed by atoms with E-state index in [0.717, 1.165) is 27.5 Å². The zero-order chi connectivity index (χ0) is 13.2. The summed E-state index contributed by atoms with van der Waals surface area (Å²) in [5.74, 6) is 0.829. The highest BCUT2D eigenvalue weighted by molar-refractivity contribution is 7.98. The van der Waals surface area contributed by atoms with Crippen LogP contribution in [0, 0.1) is 0 Å². The van der Waals surface area contributed by atoms with Crippen molar-refractivity contribution in [1.29, 1.82) is 0 Å². The highest BCUT2D eigenvalue weighted by Gasteiger charge is 2.04. The van der Waals surface area contributed by atoms with Crippen LogP contribution in [-0.2, 0) is 5.75 Å². The van der Waals surface area contributed by atoms with Crippen molar-refractivity contribution in [2.24, 2.45) is 0 Å². The summed E-state index contributed by atoms with van der Waals surface area (Å²) in [7, 11) is 0. The number of nitrogen functional groups attached to an aromatic ring is 1. The lowest BCUT2D eigenvalue weighted by molar-refractivity contribution is 1.23. The fourth-order valence-corrected chi connectivity index (χ4v) is 3.12. The number of H-pyrrole nitrogens is 1. The van der Waals surface area contributed by atoms with E-state index in [-0.39, 0.29) is 0 Å². The van der Waals surface area contributed by atoms with Gasteiger partial charge in [0, 0.05) is 27.4 Å². The van der Waals surface area contributed by atoms with E-state index in [0.29, 0.717) is 5.02 Å². The Bertz CT molecular complexity index is 688. The minimum absolute atomic E-state index is 0.678. The molecule has 96 valence electrons. The van der Waals surface area contributed by atoms with Crippen molar-refractivity contribution in [3.05, 3.63) is 59.1 Å². The van der Waals surface area contributed by atoms with Crippen molar-refractivity contribution in [2.45, 2.75) is 10.8 Å². The second-order valence-electron chi connectivity index (χ2n) is 4.35. The fourth-order valence-electron chi connectivity index (χ4n) is 1.98. The number of para-hydroxylation sites is 1. The first-order chi connectivity index (χ1) is 9.22. The highest BCUT2D eigenvalue weighted by Crippen LogP contribution is 2.28. The molecule has 3 rings (SSSR count). The van der Waals surface area contributed by atoms with Crippen LogP contribution in [0.3, 0.4) is 0 Å². The predicted molar refractivity (Wildman–Crippen MR) is 83.7 cm³/mol. The summed E-state index contributed by atoms with van der Waals surface area (Å²) >= 11 is 7.64. The highest BCUT2D eigenvalue weighted by atomic mass is 35.5. The van der Waals surface area contributed by atoms with E-state index < -0.39 is 0 Å². The summed E-state index contributed by atoms with van der Waals surface area (Å²) in [4.78, 5) is 3.39. The maximum absolute atomic E-state index is 5.95. The molecule has 0 saturated carbocycles. The Morgan fingerprint density at radius 1 is 1.11 bits per heavy atom. The van der Waals surface area contributed by atoms with Crippen molar-refractivity contribution in [3.63, 3.8) is 0 Å². The summed E-state index contributed by atoms with van der Waals surface area (Å²) in [5, 5.41) is 3.06. The first-order valence-electron chi connectivity index (χ1n) is 5.97. The first-order valence-corrected chi connectivity index (χ1v) is 7.33. The van der Waals surface area contributed by atoms with Crippen LogP contribution in [0.25, 0.3) is 10.9 Å². The number of hydrogen-bond acceptors (Lipinski definition) is 2. The molecule has 0 unspecified atom stereocenters. The smallest absolute Gasteiger partial charge is 0.0735 e. The lowest BCUT2D eigenvalue weighted by Crippen LogP contribution is -1.92. The van der Waals surface area contributed by atoms with Gasteiger partial charge in [0.15, 0.2) is 0 Å². The zero-order valence-corrected chi connectivity index (χ0v) is 11.8. The van der Waals surface area contributed by atoms with Gasteiger partial charge in [-0.15, -0.1) is 11.8 Å². The van der Waals surface area contributed by atoms with Crippen molar-refractivity contribution in [1.82, 2.24) is 4.98 Å². The summed E-state index contributed by atoms with van der Waals surface area (Å²) in [6.45, 7) is 0. The molecule has 0 aliphatic carbocycles. The third kappa shape index (κ3) is 2.72. The van der Waals surface area contributed by atoms with Crippen LogP contribution in [-0.4, -0.2) is 4.98 Å². The van der Waals surface area contributed by atoms with Crippen LogP contribution in [0.2, 0.25) is 5.02 Å². The van der Waals surface area contributed by atoms with Gasteiger partial charge >= 0.3 is 0 Å². The van der Waals surface area contributed by atoms with E-state index in [1.165, 1.54) is 5.39 Å². The topological polar surface area (TPSA) is 41.8 Å². The number of aromatic nitrogens is 1. The van der Waals surface area contributed by atoms with Crippen LogP contribution < -0.4 is 5.73 Å². The number of thioether (sulfide) groups is 1. The number of nitrogens with one attached hydrogen (secondary N) is 1. The number of fused-ring (bicyclic) bond motifs is 1. The van der Waals surface area contributed by atoms with Gasteiger partial charge in [-0.2, -0.15) is 0 Å². The van der Waals surface area contributed by atoms with Gasteiger partial charge in [-0.3, -0.25) is 0 Å². The minimum atomic E-state index is 0.678. The molecule has 0 radical (unpaired) electrons. The summed E-state index contributed by atoms with van der Waals surface area (Å²) in [6, 6.07) is 16.1. The SMILES string of the molecule is Nc1cc(Cl)ccc1CSc1cc2ccccc2[nH]1. The number of nitrogens with two attached hydrogens (primary N) is 1. The Morgan fingerprint density at radius 3 is 2.74 bits per heavy atom. The lowest BCUT2D eigenvalue weighted by Gasteiger charge is -2.04. The monoisotopic (exact) mass is 288 g/mol. The molecule has 1 heterocycles. The van der Waals surface area contributed by atoms with E-state index in [9.17, 15) is 0 Å². The van der Waals surface area contributed by atoms with E-state index in [4.69, 9.17) is 17.3 Å². The molecule has 0 aliphatic rings. The van der Waals surface area contributed by atoms with Crippen molar-refractivity contribution in [2.75, 3.05) is 5.73 Å². The number of benzene rings is 2. The normalized spacial score (nSPS) is 11.0. The maximum Gasteiger partial charge on any atom is 0.0735 e. The third-order valence-electron chi connectivity index (χ3n) is 3.00. The third-order valence-corrected chi connectivity index (χ3v) is 4.22. The molecule has 0 saturated heterocycles. The van der Waals surface area contributed by atoms with E-state index in [1.54, 1.807) is 17.8 Å². The largest absolute Gasteiger partial charge is 0.398 e. The van der Waals surface area contributed by atoms with Gasteiger partial charge in [-0.1, -0.05) is 35.9 Å². The predicted octanol–water partition coefficient (Wildman–Crippen LogP) is 4.70. The molecule has 0 atom stereocenters. The molecule has 2 nitrogen and oxygen atoms in total. The van der Waals surface area contributed by atoms with Crippen LogP contribution in [0.15, 0.2) is 53.6 Å². The molecular formula is C15H13ClN2S. The van der Waals surface area contributed by atoms with E-state index in [1.807, 2.05) is 24.3 Å². The van der Waals surface area contributed by atoms with Gasteiger partial charge in [0.25, 0.3) is 0 Å². The molecule has 3 N–H and O–H groups in total. The standard InChI is InChI=1S/C15H13ClN2S/c16-12-6-5-11(13(17)8-12)9-19-15-7-10-3-1-2-4-14(10)18-15/h1-8,18H,9,17H2. The number of aromatic amines is 1. The Morgan fingerprint density at radius 2 is 1.95 bits per heavy atom. The van der Waals surface area contributed by atoms with Gasteiger partial charge in [0.1, 0.15) is 0 Å². The van der Waals surface area contributed by atoms with Crippen LogP contribution in [0.5, 0.6) is 0 Å². The van der Waals surface area contributed by atoms with E-state index in [2.05, 4.69) is 23.2 Å². The lowest BCUT2D eigenvalue weighted by atomic mass is 10.2. The van der Waals surface area contributed by atoms with Crippen molar-refractivity contribution < 1.29 is 0 Å². The number of rotatable bonds is 3. The zero-order valence-electron chi connectivity index (χ0n) is 10.2. The van der Waals surface area contributed by atoms with Gasteiger partial charge in [0.05, 0.1) is 5.03 Å². The van der Waals surface area contributed by atoms with Gasteiger partial charge < -0.3 is 10.7 Å². The van der Waals surface area contributed by atoms with Crippen molar-refractivity contribution >= 4 is 40.0 Å². The fraction of sp³-hybridized carbons (Fsp3) is 0.0667. The number of hydrogen-bond donors (Lipinski definition) is 2. The summed E-state index contributed by atoms with van der Waals surface area (Å²) in [6.07, 6.45) is 0. The molecule has 2 aromatic carbocycles. The van der Waals surface area contributed by atoms with Crippen LogP contribution in [0.4, 0.5) is 5.69 Å². The van der Waals surface area contributed by atoms with Crippen molar-refractivity contribution in [3.8, 4) is 0 Å².